The molecular formula is C34H39N7O2. The summed E-state index contributed by atoms with van der Waals surface area (Å²) >= 11 is 0. The third-order valence-electron chi connectivity index (χ3n) is 8.92. The average molecular weight is 578 g/mol. The molecule has 1 aromatic heterocycles. The zero-order chi connectivity index (χ0) is 29.9. The van der Waals surface area contributed by atoms with Crippen LogP contribution in [0.4, 0.5) is 11.5 Å². The van der Waals surface area contributed by atoms with Crippen molar-refractivity contribution >= 4 is 28.2 Å². The number of carbonyl (C=O) groups is 1. The minimum Gasteiger partial charge on any atom is -0.462 e. The highest BCUT2D eigenvalue weighted by atomic mass is 16.5. The number of hydrogen-bond donors (Lipinski definition) is 0. The molecule has 9 nitrogen and oxygen atoms in total. The van der Waals surface area contributed by atoms with Gasteiger partial charge in [-0.3, -0.25) is 4.79 Å². The Morgan fingerprint density at radius 2 is 1.95 bits per heavy atom. The lowest BCUT2D eigenvalue weighted by Crippen LogP contribution is -2.55. The number of aromatic nitrogens is 2. The number of terminal acetylenes is 1. The van der Waals surface area contributed by atoms with Crippen LogP contribution in [-0.4, -0.2) is 84.6 Å². The summed E-state index contributed by atoms with van der Waals surface area (Å²) in [6.07, 6.45) is 9.07. The van der Waals surface area contributed by atoms with Crippen molar-refractivity contribution in [3.63, 3.8) is 0 Å². The van der Waals surface area contributed by atoms with E-state index >= 15 is 0 Å². The van der Waals surface area contributed by atoms with Gasteiger partial charge in [0.25, 0.3) is 5.91 Å². The predicted molar refractivity (Wildman–Crippen MR) is 168 cm³/mol. The van der Waals surface area contributed by atoms with E-state index in [0.717, 1.165) is 49.0 Å². The molecular weight excluding hydrogens is 538 g/mol. The van der Waals surface area contributed by atoms with Gasteiger partial charge in [0, 0.05) is 55.9 Å². The number of nitriles is 1. The van der Waals surface area contributed by atoms with Gasteiger partial charge >= 0.3 is 6.01 Å². The van der Waals surface area contributed by atoms with Crippen LogP contribution >= 0.6 is 0 Å². The second-order valence-corrected chi connectivity index (χ2v) is 12.0. The van der Waals surface area contributed by atoms with Crippen LogP contribution in [0.1, 0.15) is 36.1 Å². The van der Waals surface area contributed by atoms with Crippen LogP contribution in [0, 0.1) is 36.5 Å². The first kappa shape index (κ1) is 28.8. The number of likely N-dealkylation sites (N-methyl/N-ethyl adjacent to an activating group) is 1. The Labute approximate surface area is 254 Å². The van der Waals surface area contributed by atoms with Crippen LogP contribution in [0.25, 0.3) is 10.8 Å². The Kier molecular flexibility index (Phi) is 8.35. The molecule has 1 saturated carbocycles. The van der Waals surface area contributed by atoms with Crippen LogP contribution < -0.4 is 14.5 Å². The van der Waals surface area contributed by atoms with E-state index in [1.165, 1.54) is 34.9 Å². The maximum Gasteiger partial charge on any atom is 0.318 e. The number of hydrogen-bond acceptors (Lipinski definition) is 8. The molecule has 0 N–H and O–H groups in total. The lowest BCUT2D eigenvalue weighted by molar-refractivity contribution is -0.127. The van der Waals surface area contributed by atoms with Gasteiger partial charge in [-0.1, -0.05) is 30.3 Å². The molecule has 2 fully saturated rings. The Morgan fingerprint density at radius 3 is 2.72 bits per heavy atom. The average Bonchev–Trinajstić information content (AvgIpc) is 3.84. The van der Waals surface area contributed by atoms with Crippen molar-refractivity contribution in [1.82, 2.24) is 19.8 Å². The second-order valence-electron chi connectivity index (χ2n) is 12.0. The number of piperazine rings is 1. The Hall–Kier alpha value is -4.34. The lowest BCUT2D eigenvalue weighted by atomic mass is 9.99. The summed E-state index contributed by atoms with van der Waals surface area (Å²) in [5.41, 5.74) is 4.53. The van der Waals surface area contributed by atoms with Crippen molar-refractivity contribution in [2.75, 3.05) is 62.7 Å². The molecule has 1 saturated heterocycles. The molecule has 0 spiro atoms. The number of anilines is 2. The van der Waals surface area contributed by atoms with Crippen molar-refractivity contribution in [1.29, 1.82) is 5.26 Å². The molecule has 222 valence electrons. The topological polar surface area (TPSA) is 88.8 Å². The molecule has 0 bridgehead atoms. The van der Waals surface area contributed by atoms with E-state index in [1.54, 1.807) is 4.90 Å². The molecule has 43 heavy (non-hydrogen) atoms. The van der Waals surface area contributed by atoms with Gasteiger partial charge in [0.1, 0.15) is 12.4 Å². The minimum atomic E-state index is -0.370. The fourth-order valence-electron chi connectivity index (χ4n) is 6.49. The maximum absolute atomic E-state index is 12.4. The molecule has 1 atom stereocenters. The normalized spacial score (nSPS) is 18.3. The van der Waals surface area contributed by atoms with E-state index in [4.69, 9.17) is 21.1 Å². The number of nitrogens with zero attached hydrogens (tertiary/aromatic N) is 7. The van der Waals surface area contributed by atoms with Gasteiger partial charge in [0.15, 0.2) is 0 Å². The molecule has 6 rings (SSSR count). The minimum absolute atomic E-state index is 0.210. The van der Waals surface area contributed by atoms with E-state index in [0.29, 0.717) is 38.8 Å². The van der Waals surface area contributed by atoms with Crippen LogP contribution in [-0.2, 0) is 17.8 Å². The van der Waals surface area contributed by atoms with Crippen molar-refractivity contribution in [3.05, 3.63) is 53.2 Å². The molecule has 3 aromatic rings. The van der Waals surface area contributed by atoms with Gasteiger partial charge in [-0.25, -0.2) is 0 Å². The Bertz CT molecular complexity index is 1580. The molecule has 2 aromatic carbocycles. The summed E-state index contributed by atoms with van der Waals surface area (Å²) in [6, 6.07) is 15.2. The quantitative estimate of drug-likeness (QED) is 0.355. The van der Waals surface area contributed by atoms with Crippen molar-refractivity contribution in [2.45, 2.75) is 45.2 Å². The van der Waals surface area contributed by atoms with E-state index in [2.05, 4.69) is 77.1 Å². The summed E-state index contributed by atoms with van der Waals surface area (Å²) in [6.45, 7) is 7.57. The number of benzene rings is 2. The first-order chi connectivity index (χ1) is 20.9. The number of aryl methyl sites for hydroxylation is 1. The SMILES string of the molecule is C#CC(=O)N1CCN(c2nc(OCCN(C)CC3CC3)nc3c2CCN(c2cccc4cccc(C)c24)C3)C[C@@H]1CC#N. The zero-order valence-electron chi connectivity index (χ0n) is 25.1. The van der Waals surface area contributed by atoms with E-state index < -0.39 is 0 Å². The highest BCUT2D eigenvalue weighted by Crippen LogP contribution is 2.36. The summed E-state index contributed by atoms with van der Waals surface area (Å²) in [4.78, 5) is 30.9. The molecule has 3 heterocycles. The van der Waals surface area contributed by atoms with Crippen LogP contribution in [0.2, 0.25) is 0 Å². The monoisotopic (exact) mass is 577 g/mol. The molecule has 0 radical (unpaired) electrons. The largest absolute Gasteiger partial charge is 0.462 e. The lowest BCUT2D eigenvalue weighted by Gasteiger charge is -2.41. The van der Waals surface area contributed by atoms with E-state index in [-0.39, 0.29) is 18.4 Å². The highest BCUT2D eigenvalue weighted by Gasteiger charge is 2.33. The van der Waals surface area contributed by atoms with E-state index in [9.17, 15) is 10.1 Å². The standard InChI is InChI=1S/C34H39N7O2/c1-4-31(42)41-18-17-40(22-27(41)13-15-35)33-28-14-16-39(30-10-6-9-26-8-5-7-24(2)32(26)30)23-29(28)36-34(37-33)43-20-19-38(3)21-25-11-12-25/h1,5-10,25,27H,11-14,16-23H2,2-3H3/t27-/m0/s1. The molecule has 3 aliphatic rings. The first-order valence-electron chi connectivity index (χ1n) is 15.3. The first-order valence-corrected chi connectivity index (χ1v) is 15.3. The fourth-order valence-corrected chi connectivity index (χ4v) is 6.49. The van der Waals surface area contributed by atoms with Gasteiger partial charge in [-0.05, 0) is 62.1 Å². The number of fused-ring (bicyclic) bond motifs is 2. The summed E-state index contributed by atoms with van der Waals surface area (Å²) in [5.74, 6) is 3.52. The number of amides is 1. The third-order valence-corrected chi connectivity index (χ3v) is 8.92. The third kappa shape index (κ3) is 6.23. The van der Waals surface area contributed by atoms with Crippen molar-refractivity contribution in [3.8, 4) is 24.4 Å². The van der Waals surface area contributed by atoms with Gasteiger partial charge in [0.2, 0.25) is 0 Å². The van der Waals surface area contributed by atoms with Gasteiger partial charge in [-0.2, -0.15) is 15.2 Å². The molecule has 1 amide bonds. The zero-order valence-corrected chi connectivity index (χ0v) is 25.1. The van der Waals surface area contributed by atoms with E-state index in [1.807, 2.05) is 0 Å². The number of ether oxygens (including phenoxy) is 1. The number of rotatable bonds is 9. The van der Waals surface area contributed by atoms with Crippen molar-refractivity contribution < 1.29 is 9.53 Å². The summed E-state index contributed by atoms with van der Waals surface area (Å²) in [7, 11) is 2.14. The second kappa shape index (κ2) is 12.5. The van der Waals surface area contributed by atoms with Crippen LogP contribution in [0.5, 0.6) is 6.01 Å². The van der Waals surface area contributed by atoms with Crippen LogP contribution in [0.15, 0.2) is 36.4 Å². The molecule has 0 unspecified atom stereocenters. The Balaban J connectivity index is 1.30. The molecule has 2 aliphatic heterocycles. The smallest absolute Gasteiger partial charge is 0.318 e. The van der Waals surface area contributed by atoms with Gasteiger partial charge in [0.05, 0.1) is 30.8 Å². The molecule has 1 aliphatic carbocycles. The predicted octanol–water partition coefficient (Wildman–Crippen LogP) is 3.79. The summed E-state index contributed by atoms with van der Waals surface area (Å²) in [5, 5.41) is 12.0. The van der Waals surface area contributed by atoms with Crippen LogP contribution in [0.3, 0.4) is 0 Å². The fraction of sp³-hybridized carbons (Fsp3) is 0.471. The number of carbonyl (C=O) groups excluding carboxylic acids is 1. The van der Waals surface area contributed by atoms with Gasteiger partial charge < -0.3 is 24.3 Å². The highest BCUT2D eigenvalue weighted by molar-refractivity contribution is 5.97. The Morgan fingerprint density at radius 1 is 1.14 bits per heavy atom. The maximum atomic E-state index is 12.4. The van der Waals surface area contributed by atoms with Crippen molar-refractivity contribution in [2.24, 2.45) is 5.92 Å². The summed E-state index contributed by atoms with van der Waals surface area (Å²) < 4.78 is 6.21. The van der Waals surface area contributed by atoms with Gasteiger partial charge in [-0.15, -0.1) is 6.42 Å². The molecule has 9 heteroatoms.